The van der Waals surface area contributed by atoms with Gasteiger partial charge < -0.3 is 10.2 Å². The second-order valence-corrected chi connectivity index (χ2v) is 7.71. The Balaban J connectivity index is 1.47. The third-order valence-corrected chi connectivity index (χ3v) is 5.29. The largest absolute Gasteiger partial charge is 0.349 e. The van der Waals surface area contributed by atoms with Gasteiger partial charge in [0.1, 0.15) is 5.82 Å². The van der Waals surface area contributed by atoms with Crippen molar-refractivity contribution in [1.82, 2.24) is 10.2 Å². The van der Waals surface area contributed by atoms with Crippen LogP contribution in [0.25, 0.3) is 0 Å². The standard InChI is InChI=1S/C23H27FN2O2/c1-16(2)18-5-7-19(8-6-18)23(28)25-21-11-13-26(14-12-21)22(27)15-17-3-9-20(24)10-4-17/h3-10,16,21H,11-15H2,1-2H3,(H,25,28). The van der Waals surface area contributed by atoms with E-state index in [1.807, 2.05) is 29.2 Å². The summed E-state index contributed by atoms with van der Waals surface area (Å²) >= 11 is 0. The van der Waals surface area contributed by atoms with Crippen molar-refractivity contribution in [3.63, 3.8) is 0 Å². The zero-order chi connectivity index (χ0) is 20.1. The molecule has 2 aromatic rings. The van der Waals surface area contributed by atoms with Crippen molar-refractivity contribution in [2.24, 2.45) is 0 Å². The predicted octanol–water partition coefficient (Wildman–Crippen LogP) is 3.91. The zero-order valence-electron chi connectivity index (χ0n) is 16.5. The van der Waals surface area contributed by atoms with E-state index in [1.54, 1.807) is 12.1 Å². The molecule has 2 amide bonds. The highest BCUT2D eigenvalue weighted by molar-refractivity contribution is 5.94. The average molecular weight is 382 g/mol. The number of amides is 2. The van der Waals surface area contributed by atoms with E-state index in [0.29, 0.717) is 24.6 Å². The lowest BCUT2D eigenvalue weighted by molar-refractivity contribution is -0.131. The van der Waals surface area contributed by atoms with Crippen LogP contribution in [0.15, 0.2) is 48.5 Å². The average Bonchev–Trinajstić information content (AvgIpc) is 2.70. The van der Waals surface area contributed by atoms with Gasteiger partial charge in [-0.1, -0.05) is 38.1 Å². The Morgan fingerprint density at radius 2 is 1.64 bits per heavy atom. The molecule has 4 nitrogen and oxygen atoms in total. The van der Waals surface area contributed by atoms with Crippen LogP contribution >= 0.6 is 0 Å². The molecule has 0 aliphatic carbocycles. The summed E-state index contributed by atoms with van der Waals surface area (Å²) in [6.07, 6.45) is 1.76. The Kier molecular flexibility index (Phi) is 6.45. The molecule has 1 N–H and O–H groups in total. The fourth-order valence-corrected chi connectivity index (χ4v) is 3.45. The molecule has 1 saturated heterocycles. The van der Waals surface area contributed by atoms with Crippen LogP contribution in [0.2, 0.25) is 0 Å². The van der Waals surface area contributed by atoms with Gasteiger partial charge in [-0.15, -0.1) is 0 Å². The smallest absolute Gasteiger partial charge is 0.251 e. The van der Waals surface area contributed by atoms with Gasteiger partial charge in [-0.2, -0.15) is 0 Å². The molecule has 148 valence electrons. The molecular formula is C23H27FN2O2. The third-order valence-electron chi connectivity index (χ3n) is 5.29. The Morgan fingerprint density at radius 3 is 2.21 bits per heavy atom. The van der Waals surface area contributed by atoms with Crippen molar-refractivity contribution in [2.45, 2.75) is 45.1 Å². The highest BCUT2D eigenvalue weighted by Gasteiger charge is 2.24. The summed E-state index contributed by atoms with van der Waals surface area (Å²) in [6.45, 7) is 5.50. The Hall–Kier alpha value is -2.69. The van der Waals surface area contributed by atoms with E-state index in [1.165, 1.54) is 17.7 Å². The van der Waals surface area contributed by atoms with Gasteiger partial charge in [0.25, 0.3) is 5.91 Å². The first-order valence-corrected chi connectivity index (χ1v) is 9.85. The molecule has 28 heavy (non-hydrogen) atoms. The van der Waals surface area contributed by atoms with Crippen molar-refractivity contribution in [1.29, 1.82) is 0 Å². The summed E-state index contributed by atoms with van der Waals surface area (Å²) in [4.78, 5) is 26.7. The first-order valence-electron chi connectivity index (χ1n) is 9.85. The Morgan fingerprint density at radius 1 is 1.04 bits per heavy atom. The van der Waals surface area contributed by atoms with Crippen molar-refractivity contribution < 1.29 is 14.0 Å². The summed E-state index contributed by atoms with van der Waals surface area (Å²) in [7, 11) is 0. The van der Waals surface area contributed by atoms with Crippen LogP contribution in [0.3, 0.4) is 0 Å². The first kappa shape index (κ1) is 20.1. The van der Waals surface area contributed by atoms with Crippen LogP contribution in [0.1, 0.15) is 54.1 Å². The van der Waals surface area contributed by atoms with E-state index >= 15 is 0 Å². The first-order chi connectivity index (χ1) is 13.4. The highest BCUT2D eigenvalue weighted by atomic mass is 19.1. The molecular weight excluding hydrogens is 355 g/mol. The van der Waals surface area contributed by atoms with Crippen LogP contribution < -0.4 is 5.32 Å². The number of piperidine rings is 1. The molecule has 5 heteroatoms. The number of rotatable bonds is 5. The monoisotopic (exact) mass is 382 g/mol. The maximum atomic E-state index is 13.0. The van der Waals surface area contributed by atoms with Gasteiger partial charge >= 0.3 is 0 Å². The van der Waals surface area contributed by atoms with Gasteiger partial charge in [0.05, 0.1) is 6.42 Å². The highest BCUT2D eigenvalue weighted by Crippen LogP contribution is 2.16. The van der Waals surface area contributed by atoms with Gasteiger partial charge in [-0.3, -0.25) is 9.59 Å². The second kappa shape index (κ2) is 9.00. The number of hydrogen-bond acceptors (Lipinski definition) is 2. The van der Waals surface area contributed by atoms with Crippen molar-refractivity contribution in [2.75, 3.05) is 13.1 Å². The summed E-state index contributed by atoms with van der Waals surface area (Å²) in [5.41, 5.74) is 2.69. The minimum atomic E-state index is -0.299. The van der Waals surface area contributed by atoms with Crippen LogP contribution in [0.5, 0.6) is 0 Å². The Bertz CT molecular complexity index is 808. The lowest BCUT2D eigenvalue weighted by Gasteiger charge is -2.32. The maximum Gasteiger partial charge on any atom is 0.251 e. The molecule has 0 aromatic heterocycles. The normalized spacial score (nSPS) is 14.9. The van der Waals surface area contributed by atoms with Crippen molar-refractivity contribution >= 4 is 11.8 Å². The summed E-state index contributed by atoms with van der Waals surface area (Å²) in [5.74, 6) is 0.118. The molecule has 0 spiro atoms. The third kappa shape index (κ3) is 5.18. The van der Waals surface area contributed by atoms with Crippen LogP contribution in [0.4, 0.5) is 4.39 Å². The maximum absolute atomic E-state index is 13.0. The fraction of sp³-hybridized carbons (Fsp3) is 0.391. The molecule has 0 saturated carbocycles. The molecule has 1 aliphatic rings. The molecule has 2 aromatic carbocycles. The molecule has 0 radical (unpaired) electrons. The number of nitrogens with one attached hydrogen (secondary N) is 1. The number of carbonyl (C=O) groups excluding carboxylic acids is 2. The second-order valence-electron chi connectivity index (χ2n) is 7.71. The Labute approximate surface area is 165 Å². The summed E-state index contributed by atoms with van der Waals surface area (Å²) < 4.78 is 13.0. The van der Waals surface area contributed by atoms with E-state index in [0.717, 1.165) is 18.4 Å². The summed E-state index contributed by atoms with van der Waals surface area (Å²) in [6, 6.07) is 13.8. The molecule has 0 unspecified atom stereocenters. The van der Waals surface area contributed by atoms with E-state index < -0.39 is 0 Å². The van der Waals surface area contributed by atoms with Gasteiger partial charge in [0.2, 0.25) is 5.91 Å². The molecule has 1 aliphatic heterocycles. The number of nitrogens with zero attached hydrogens (tertiary/aromatic N) is 1. The van der Waals surface area contributed by atoms with E-state index in [9.17, 15) is 14.0 Å². The van der Waals surface area contributed by atoms with Crippen LogP contribution in [-0.4, -0.2) is 35.8 Å². The summed E-state index contributed by atoms with van der Waals surface area (Å²) in [5, 5.41) is 3.08. The minimum Gasteiger partial charge on any atom is -0.349 e. The van der Waals surface area contributed by atoms with Crippen LogP contribution in [-0.2, 0) is 11.2 Å². The zero-order valence-corrected chi connectivity index (χ0v) is 16.5. The number of carbonyl (C=O) groups is 2. The molecule has 0 bridgehead atoms. The number of benzene rings is 2. The lowest BCUT2D eigenvalue weighted by Crippen LogP contribution is -2.47. The minimum absolute atomic E-state index is 0.0423. The van der Waals surface area contributed by atoms with Gasteiger partial charge in [0, 0.05) is 24.7 Å². The van der Waals surface area contributed by atoms with E-state index in [4.69, 9.17) is 0 Å². The SMILES string of the molecule is CC(C)c1ccc(C(=O)NC2CCN(C(=O)Cc3ccc(F)cc3)CC2)cc1. The topological polar surface area (TPSA) is 49.4 Å². The van der Waals surface area contributed by atoms with Gasteiger partial charge in [-0.25, -0.2) is 4.39 Å². The number of hydrogen-bond donors (Lipinski definition) is 1. The molecule has 1 heterocycles. The van der Waals surface area contributed by atoms with E-state index in [2.05, 4.69) is 19.2 Å². The fourth-order valence-electron chi connectivity index (χ4n) is 3.45. The molecule has 1 fully saturated rings. The predicted molar refractivity (Wildman–Crippen MR) is 108 cm³/mol. The number of halogens is 1. The quantitative estimate of drug-likeness (QED) is 0.852. The van der Waals surface area contributed by atoms with Gasteiger partial charge in [-0.05, 0) is 54.2 Å². The molecule has 3 rings (SSSR count). The van der Waals surface area contributed by atoms with Crippen molar-refractivity contribution in [3.05, 3.63) is 71.0 Å². The van der Waals surface area contributed by atoms with E-state index in [-0.39, 0.29) is 30.1 Å². The lowest BCUT2D eigenvalue weighted by atomic mass is 10.0. The van der Waals surface area contributed by atoms with Crippen molar-refractivity contribution in [3.8, 4) is 0 Å². The number of likely N-dealkylation sites (tertiary alicyclic amines) is 1. The molecule has 0 atom stereocenters. The van der Waals surface area contributed by atoms with Gasteiger partial charge in [0.15, 0.2) is 0 Å². The van der Waals surface area contributed by atoms with Crippen LogP contribution in [0, 0.1) is 5.82 Å².